The van der Waals surface area contributed by atoms with Crippen molar-refractivity contribution in [3.8, 4) is 5.75 Å². The van der Waals surface area contributed by atoms with E-state index in [1.807, 2.05) is 41.3 Å². The zero-order valence-corrected chi connectivity index (χ0v) is 16.7. The first kappa shape index (κ1) is 19.4. The van der Waals surface area contributed by atoms with Crippen LogP contribution in [0.3, 0.4) is 0 Å². The largest absolute Gasteiger partial charge is 0.481 e. The zero-order chi connectivity index (χ0) is 20.1. The first-order chi connectivity index (χ1) is 14.2. The molecular formula is C21H27N5O3. The summed E-state index contributed by atoms with van der Waals surface area (Å²) in [7, 11) is 0. The second-order valence-corrected chi connectivity index (χ2v) is 7.22. The van der Waals surface area contributed by atoms with Gasteiger partial charge in [0.15, 0.2) is 6.10 Å². The summed E-state index contributed by atoms with van der Waals surface area (Å²) in [6.07, 6.45) is 1.11. The van der Waals surface area contributed by atoms with Gasteiger partial charge in [0.2, 0.25) is 0 Å². The van der Waals surface area contributed by atoms with E-state index in [0.717, 1.165) is 51.0 Å². The van der Waals surface area contributed by atoms with Gasteiger partial charge in [0.05, 0.1) is 13.2 Å². The lowest BCUT2D eigenvalue weighted by Crippen LogP contribution is -2.52. The Morgan fingerprint density at radius 1 is 0.966 bits per heavy atom. The molecule has 1 aromatic carbocycles. The van der Waals surface area contributed by atoms with Gasteiger partial charge in [0.1, 0.15) is 23.7 Å². The minimum atomic E-state index is -0.504. The fourth-order valence-electron chi connectivity index (χ4n) is 3.64. The van der Waals surface area contributed by atoms with E-state index in [2.05, 4.69) is 19.8 Å². The van der Waals surface area contributed by atoms with Crippen molar-refractivity contribution < 1.29 is 14.3 Å². The minimum Gasteiger partial charge on any atom is -0.481 e. The molecule has 2 aliphatic heterocycles. The van der Waals surface area contributed by atoms with Crippen molar-refractivity contribution in [2.75, 3.05) is 62.3 Å². The summed E-state index contributed by atoms with van der Waals surface area (Å²) in [5, 5.41) is 0. The normalized spacial score (nSPS) is 18.4. The first-order valence-corrected chi connectivity index (χ1v) is 10.1. The van der Waals surface area contributed by atoms with E-state index in [1.165, 1.54) is 0 Å². The van der Waals surface area contributed by atoms with E-state index in [4.69, 9.17) is 9.47 Å². The fourth-order valence-corrected chi connectivity index (χ4v) is 3.64. The fraction of sp³-hybridized carbons (Fsp3) is 0.476. The summed E-state index contributed by atoms with van der Waals surface area (Å²) in [4.78, 5) is 27.9. The van der Waals surface area contributed by atoms with Crippen LogP contribution < -0.4 is 14.5 Å². The van der Waals surface area contributed by atoms with Crippen LogP contribution in [0.15, 0.2) is 42.7 Å². The van der Waals surface area contributed by atoms with Gasteiger partial charge in [-0.3, -0.25) is 4.79 Å². The van der Waals surface area contributed by atoms with Crippen molar-refractivity contribution in [3.63, 3.8) is 0 Å². The molecule has 29 heavy (non-hydrogen) atoms. The van der Waals surface area contributed by atoms with Crippen LogP contribution in [-0.2, 0) is 9.53 Å². The average molecular weight is 397 g/mol. The zero-order valence-electron chi connectivity index (χ0n) is 16.7. The minimum absolute atomic E-state index is 0.0187. The van der Waals surface area contributed by atoms with E-state index in [0.29, 0.717) is 18.8 Å². The summed E-state index contributed by atoms with van der Waals surface area (Å²) in [5.41, 5.74) is 0. The Morgan fingerprint density at radius 3 is 2.24 bits per heavy atom. The van der Waals surface area contributed by atoms with E-state index in [9.17, 15) is 4.79 Å². The summed E-state index contributed by atoms with van der Waals surface area (Å²) >= 11 is 0. The predicted octanol–water partition coefficient (Wildman–Crippen LogP) is 1.43. The Morgan fingerprint density at radius 2 is 1.59 bits per heavy atom. The van der Waals surface area contributed by atoms with Crippen LogP contribution in [0.2, 0.25) is 0 Å². The molecule has 154 valence electrons. The molecule has 1 atom stereocenters. The van der Waals surface area contributed by atoms with Crippen molar-refractivity contribution >= 4 is 17.5 Å². The number of carbonyl (C=O) groups excluding carboxylic acids is 1. The van der Waals surface area contributed by atoms with Gasteiger partial charge in [0, 0.05) is 45.3 Å². The Labute approximate surface area is 171 Å². The molecule has 8 nitrogen and oxygen atoms in total. The maximum Gasteiger partial charge on any atom is 0.263 e. The summed E-state index contributed by atoms with van der Waals surface area (Å²) < 4.78 is 11.2. The van der Waals surface area contributed by atoms with Gasteiger partial charge in [0.25, 0.3) is 5.91 Å². The highest BCUT2D eigenvalue weighted by molar-refractivity contribution is 5.81. The van der Waals surface area contributed by atoms with Crippen LogP contribution in [0.25, 0.3) is 0 Å². The van der Waals surface area contributed by atoms with Crippen molar-refractivity contribution in [2.24, 2.45) is 0 Å². The number of benzene rings is 1. The molecule has 3 heterocycles. The number of hydrogen-bond donors (Lipinski definition) is 0. The molecule has 0 spiro atoms. The van der Waals surface area contributed by atoms with Crippen LogP contribution in [0.4, 0.5) is 11.6 Å². The molecule has 2 aliphatic rings. The lowest BCUT2D eigenvalue weighted by atomic mass is 10.2. The van der Waals surface area contributed by atoms with Gasteiger partial charge < -0.3 is 24.2 Å². The van der Waals surface area contributed by atoms with Crippen LogP contribution in [0, 0.1) is 0 Å². The van der Waals surface area contributed by atoms with Crippen LogP contribution in [0.1, 0.15) is 6.92 Å². The molecule has 4 rings (SSSR count). The van der Waals surface area contributed by atoms with E-state index in [-0.39, 0.29) is 5.91 Å². The summed E-state index contributed by atoms with van der Waals surface area (Å²) in [6, 6.07) is 11.5. The van der Waals surface area contributed by atoms with Crippen LogP contribution >= 0.6 is 0 Å². The molecule has 0 N–H and O–H groups in total. The third-order valence-electron chi connectivity index (χ3n) is 5.29. The molecule has 0 unspecified atom stereocenters. The Bertz CT molecular complexity index is 805. The first-order valence-electron chi connectivity index (χ1n) is 10.1. The summed E-state index contributed by atoms with van der Waals surface area (Å²) in [5.74, 6) is 2.57. The summed E-state index contributed by atoms with van der Waals surface area (Å²) in [6.45, 7) is 7.73. The number of para-hydroxylation sites is 1. The highest BCUT2D eigenvalue weighted by Crippen LogP contribution is 2.20. The van der Waals surface area contributed by atoms with E-state index >= 15 is 0 Å². The van der Waals surface area contributed by atoms with E-state index in [1.54, 1.807) is 13.3 Å². The number of carbonyl (C=O) groups is 1. The lowest BCUT2D eigenvalue weighted by molar-refractivity contribution is -0.138. The second-order valence-electron chi connectivity index (χ2n) is 7.22. The molecule has 0 bridgehead atoms. The molecule has 0 aliphatic carbocycles. The Balaban J connectivity index is 1.32. The number of piperazine rings is 1. The molecule has 0 saturated carbocycles. The van der Waals surface area contributed by atoms with E-state index < -0.39 is 6.10 Å². The predicted molar refractivity (Wildman–Crippen MR) is 110 cm³/mol. The highest BCUT2D eigenvalue weighted by atomic mass is 16.5. The standard InChI is InChI=1S/C21H27N5O3/c1-17(29-18-5-3-2-4-6-18)21(27)26-9-7-24(8-10-26)19-15-20(23-16-22-19)25-11-13-28-14-12-25/h2-6,15-17H,7-14H2,1H3/t17-/m0/s1. The smallest absolute Gasteiger partial charge is 0.263 e. The highest BCUT2D eigenvalue weighted by Gasteiger charge is 2.27. The quantitative estimate of drug-likeness (QED) is 0.756. The third kappa shape index (κ3) is 4.76. The average Bonchev–Trinajstić information content (AvgIpc) is 2.80. The van der Waals surface area contributed by atoms with Gasteiger partial charge in [-0.15, -0.1) is 0 Å². The molecule has 0 radical (unpaired) electrons. The molecule has 1 amide bonds. The van der Waals surface area contributed by atoms with Crippen LogP contribution in [-0.4, -0.2) is 79.4 Å². The number of rotatable bonds is 5. The van der Waals surface area contributed by atoms with Gasteiger partial charge >= 0.3 is 0 Å². The molecule has 2 aromatic rings. The molecule has 1 aromatic heterocycles. The van der Waals surface area contributed by atoms with Gasteiger partial charge in [-0.1, -0.05) is 18.2 Å². The maximum atomic E-state index is 12.7. The maximum absolute atomic E-state index is 12.7. The number of ether oxygens (including phenoxy) is 2. The number of nitrogens with zero attached hydrogens (tertiary/aromatic N) is 5. The molecular weight excluding hydrogens is 370 g/mol. The second kappa shape index (κ2) is 9.09. The molecule has 2 saturated heterocycles. The number of hydrogen-bond acceptors (Lipinski definition) is 7. The number of aromatic nitrogens is 2. The van der Waals surface area contributed by atoms with Gasteiger partial charge in [-0.2, -0.15) is 0 Å². The van der Waals surface area contributed by atoms with Gasteiger partial charge in [-0.25, -0.2) is 9.97 Å². The molecule has 8 heteroatoms. The van der Waals surface area contributed by atoms with Crippen molar-refractivity contribution in [2.45, 2.75) is 13.0 Å². The van der Waals surface area contributed by atoms with Crippen molar-refractivity contribution in [1.29, 1.82) is 0 Å². The Hall–Kier alpha value is -2.87. The number of morpholine rings is 1. The van der Waals surface area contributed by atoms with Crippen molar-refractivity contribution in [1.82, 2.24) is 14.9 Å². The number of amides is 1. The monoisotopic (exact) mass is 397 g/mol. The topological polar surface area (TPSA) is 71.0 Å². The third-order valence-corrected chi connectivity index (χ3v) is 5.29. The van der Waals surface area contributed by atoms with Gasteiger partial charge in [-0.05, 0) is 19.1 Å². The van der Waals surface area contributed by atoms with Crippen LogP contribution in [0.5, 0.6) is 5.75 Å². The van der Waals surface area contributed by atoms with Crippen molar-refractivity contribution in [3.05, 3.63) is 42.7 Å². The number of anilines is 2. The lowest BCUT2D eigenvalue weighted by Gasteiger charge is -2.36. The Kier molecular flexibility index (Phi) is 6.09. The SMILES string of the molecule is C[C@H](Oc1ccccc1)C(=O)N1CCN(c2cc(N3CCOCC3)ncn2)CC1. The molecule has 2 fully saturated rings.